The highest BCUT2D eigenvalue weighted by Crippen LogP contribution is 2.19. The molecule has 2 rings (SSSR count). The van der Waals surface area contributed by atoms with Crippen LogP contribution in [0.4, 0.5) is 18.9 Å². The van der Waals surface area contributed by atoms with Crippen LogP contribution in [0.2, 0.25) is 0 Å². The van der Waals surface area contributed by atoms with Crippen molar-refractivity contribution >= 4 is 23.6 Å². The highest BCUT2D eigenvalue weighted by atomic mass is 19.2. The topological polar surface area (TPSA) is 79.2 Å². The van der Waals surface area contributed by atoms with Gasteiger partial charge in [-0.3, -0.25) is 4.79 Å². The molecule has 0 aromatic heterocycles. The van der Waals surface area contributed by atoms with Gasteiger partial charge in [-0.05, 0) is 30.7 Å². The summed E-state index contributed by atoms with van der Waals surface area (Å²) in [6.07, 6.45) is 1.29. The molecule has 138 valence electrons. The van der Waals surface area contributed by atoms with Crippen LogP contribution in [0.5, 0.6) is 0 Å². The smallest absolute Gasteiger partial charge is 0.349 e. The minimum absolute atomic E-state index is 0.342. The van der Waals surface area contributed by atoms with Gasteiger partial charge in [-0.1, -0.05) is 29.8 Å². The number of halogens is 3. The van der Waals surface area contributed by atoms with Crippen LogP contribution in [0.1, 0.15) is 11.1 Å². The Bertz CT molecular complexity index is 948. The zero-order valence-corrected chi connectivity index (χ0v) is 14.1. The number of ether oxygens (including phenoxy) is 1. The van der Waals surface area contributed by atoms with Crippen LogP contribution in [0.3, 0.4) is 0 Å². The first-order valence-corrected chi connectivity index (χ1v) is 7.60. The average molecular weight is 374 g/mol. The Morgan fingerprint density at radius 2 is 1.78 bits per heavy atom. The summed E-state index contributed by atoms with van der Waals surface area (Å²) in [7, 11) is 0. The summed E-state index contributed by atoms with van der Waals surface area (Å²) in [6.45, 7) is 1.03. The summed E-state index contributed by atoms with van der Waals surface area (Å²) in [5, 5.41) is 11.0. The highest BCUT2D eigenvalue weighted by molar-refractivity contribution is 6.00. The molecule has 0 radical (unpaired) electrons. The second-order valence-corrected chi connectivity index (χ2v) is 5.43. The Labute approximate surface area is 152 Å². The van der Waals surface area contributed by atoms with Crippen LogP contribution in [-0.4, -0.2) is 18.5 Å². The first-order valence-electron chi connectivity index (χ1n) is 7.60. The number of aryl methyl sites for hydroxylation is 1. The normalized spacial score (nSPS) is 10.9. The predicted molar refractivity (Wildman–Crippen MR) is 90.7 cm³/mol. The number of esters is 1. The second-order valence-electron chi connectivity index (χ2n) is 5.43. The van der Waals surface area contributed by atoms with E-state index in [0.29, 0.717) is 11.6 Å². The Morgan fingerprint density at radius 1 is 1.11 bits per heavy atom. The maximum absolute atomic E-state index is 13.5. The summed E-state index contributed by atoms with van der Waals surface area (Å²) in [6, 6.07) is 10.1. The molecule has 27 heavy (non-hydrogen) atoms. The van der Waals surface area contributed by atoms with Gasteiger partial charge < -0.3 is 10.1 Å². The zero-order chi connectivity index (χ0) is 20.0. The number of amides is 1. The molecule has 0 fully saturated rings. The Kier molecular flexibility index (Phi) is 6.33. The number of nitrogens with zero attached hydrogens (tertiary/aromatic N) is 1. The van der Waals surface area contributed by atoms with Crippen molar-refractivity contribution in [1.29, 1.82) is 5.26 Å². The largest absolute Gasteiger partial charge is 0.451 e. The molecule has 0 aliphatic rings. The molecule has 0 aliphatic carbocycles. The number of rotatable bonds is 5. The van der Waals surface area contributed by atoms with Gasteiger partial charge in [-0.25, -0.2) is 18.0 Å². The van der Waals surface area contributed by atoms with Gasteiger partial charge in [0.1, 0.15) is 11.6 Å². The molecule has 0 saturated heterocycles. The van der Waals surface area contributed by atoms with E-state index in [1.165, 1.54) is 6.08 Å². The van der Waals surface area contributed by atoms with E-state index in [1.54, 1.807) is 30.3 Å². The Balaban J connectivity index is 1.99. The van der Waals surface area contributed by atoms with Crippen molar-refractivity contribution in [2.45, 2.75) is 6.92 Å². The minimum atomic E-state index is -1.74. The number of carbonyl (C=O) groups excluding carboxylic acids is 2. The third-order valence-corrected chi connectivity index (χ3v) is 3.37. The van der Waals surface area contributed by atoms with Crippen molar-refractivity contribution in [2.24, 2.45) is 0 Å². The van der Waals surface area contributed by atoms with E-state index in [9.17, 15) is 22.8 Å². The SMILES string of the molecule is Cc1ccc(/C=C(\C#N)C(=O)OCC(=O)Nc2ccc(F)c(F)c2F)cc1. The fourth-order valence-corrected chi connectivity index (χ4v) is 1.98. The van der Waals surface area contributed by atoms with Gasteiger partial charge in [0, 0.05) is 0 Å². The third kappa shape index (κ3) is 5.19. The average Bonchev–Trinajstić information content (AvgIpc) is 2.66. The van der Waals surface area contributed by atoms with E-state index in [-0.39, 0.29) is 5.57 Å². The molecule has 1 N–H and O–H groups in total. The molecule has 0 bridgehead atoms. The van der Waals surface area contributed by atoms with Crippen LogP contribution in [0, 0.1) is 35.7 Å². The van der Waals surface area contributed by atoms with Gasteiger partial charge in [0.15, 0.2) is 24.1 Å². The van der Waals surface area contributed by atoms with Crippen LogP contribution >= 0.6 is 0 Å². The number of nitrogens with one attached hydrogen (secondary N) is 1. The molecule has 8 heteroatoms. The van der Waals surface area contributed by atoms with Crippen LogP contribution in [0.25, 0.3) is 6.08 Å². The molecule has 0 heterocycles. The van der Waals surface area contributed by atoms with Crippen molar-refractivity contribution in [3.05, 3.63) is 70.5 Å². The summed E-state index contributed by atoms with van der Waals surface area (Å²) in [5.74, 6) is -6.76. The van der Waals surface area contributed by atoms with Crippen LogP contribution in [0.15, 0.2) is 42.0 Å². The predicted octanol–water partition coefficient (Wildman–Crippen LogP) is 3.50. The lowest BCUT2D eigenvalue weighted by Crippen LogP contribution is -2.22. The van der Waals surface area contributed by atoms with Gasteiger partial charge in [-0.15, -0.1) is 0 Å². The monoisotopic (exact) mass is 374 g/mol. The van der Waals surface area contributed by atoms with E-state index >= 15 is 0 Å². The number of benzene rings is 2. The summed E-state index contributed by atoms with van der Waals surface area (Å²) in [5.41, 5.74) is 0.632. The molecule has 0 unspecified atom stereocenters. The number of carbonyl (C=O) groups is 2. The summed E-state index contributed by atoms with van der Waals surface area (Å²) in [4.78, 5) is 23.6. The number of hydrogen-bond donors (Lipinski definition) is 1. The zero-order valence-electron chi connectivity index (χ0n) is 14.1. The van der Waals surface area contributed by atoms with E-state index in [4.69, 9.17) is 5.26 Å². The first-order chi connectivity index (χ1) is 12.8. The molecular weight excluding hydrogens is 361 g/mol. The molecule has 0 saturated carbocycles. The molecule has 2 aromatic carbocycles. The highest BCUT2D eigenvalue weighted by Gasteiger charge is 2.17. The van der Waals surface area contributed by atoms with Gasteiger partial charge >= 0.3 is 5.97 Å². The van der Waals surface area contributed by atoms with E-state index < -0.39 is 41.6 Å². The van der Waals surface area contributed by atoms with Gasteiger partial charge in [0.25, 0.3) is 5.91 Å². The number of anilines is 1. The van der Waals surface area contributed by atoms with Crippen molar-refractivity contribution in [3.63, 3.8) is 0 Å². The molecule has 0 atom stereocenters. The van der Waals surface area contributed by atoms with Gasteiger partial charge in [-0.2, -0.15) is 5.26 Å². The van der Waals surface area contributed by atoms with E-state index in [1.807, 2.05) is 12.2 Å². The lowest BCUT2D eigenvalue weighted by molar-refractivity contribution is -0.142. The second kappa shape index (κ2) is 8.67. The van der Waals surface area contributed by atoms with Crippen LogP contribution < -0.4 is 5.32 Å². The standard InChI is InChI=1S/C19H13F3N2O3/c1-11-2-4-12(5-3-11)8-13(9-23)19(26)27-10-16(25)24-15-7-6-14(20)17(21)18(15)22/h2-8H,10H2,1H3,(H,24,25)/b13-8+. The first kappa shape index (κ1) is 19.7. The maximum Gasteiger partial charge on any atom is 0.349 e. The third-order valence-electron chi connectivity index (χ3n) is 3.37. The van der Waals surface area contributed by atoms with E-state index in [0.717, 1.165) is 11.6 Å². The minimum Gasteiger partial charge on any atom is -0.451 e. The Hall–Kier alpha value is -3.60. The quantitative estimate of drug-likeness (QED) is 0.376. The van der Waals surface area contributed by atoms with Crippen LogP contribution in [-0.2, 0) is 14.3 Å². The maximum atomic E-state index is 13.5. The molecule has 2 aromatic rings. The lowest BCUT2D eigenvalue weighted by Gasteiger charge is -2.08. The van der Waals surface area contributed by atoms with Crippen molar-refractivity contribution < 1.29 is 27.5 Å². The fraction of sp³-hybridized carbons (Fsp3) is 0.105. The number of nitriles is 1. The number of hydrogen-bond acceptors (Lipinski definition) is 4. The molecule has 5 nitrogen and oxygen atoms in total. The van der Waals surface area contributed by atoms with Gasteiger partial charge in [0.05, 0.1) is 5.69 Å². The molecular formula is C19H13F3N2O3. The van der Waals surface area contributed by atoms with Crippen molar-refractivity contribution in [1.82, 2.24) is 0 Å². The van der Waals surface area contributed by atoms with Crippen molar-refractivity contribution in [2.75, 3.05) is 11.9 Å². The molecule has 0 aliphatic heterocycles. The fourth-order valence-electron chi connectivity index (χ4n) is 1.98. The Morgan fingerprint density at radius 3 is 2.41 bits per heavy atom. The summed E-state index contributed by atoms with van der Waals surface area (Å²) < 4.78 is 44.1. The lowest BCUT2D eigenvalue weighted by atomic mass is 10.1. The van der Waals surface area contributed by atoms with E-state index in [2.05, 4.69) is 4.74 Å². The van der Waals surface area contributed by atoms with Crippen molar-refractivity contribution in [3.8, 4) is 6.07 Å². The molecule has 0 spiro atoms. The molecule has 1 amide bonds. The summed E-state index contributed by atoms with van der Waals surface area (Å²) >= 11 is 0. The van der Waals surface area contributed by atoms with Gasteiger partial charge in [0.2, 0.25) is 0 Å².